The number of nitrogens with zero attached hydrogens (tertiary/aromatic N) is 2. The molecule has 228 valence electrons. The molecule has 1 aliphatic heterocycles. The second-order valence-electron chi connectivity index (χ2n) is 9.83. The Labute approximate surface area is 259 Å². The summed E-state index contributed by atoms with van der Waals surface area (Å²) in [7, 11) is 3.14. The monoisotopic (exact) mass is 614 g/mol. The molecule has 1 aromatic heterocycles. The summed E-state index contributed by atoms with van der Waals surface area (Å²) in [6.45, 7) is 6.37. The van der Waals surface area contributed by atoms with E-state index in [2.05, 4.69) is 4.99 Å². The van der Waals surface area contributed by atoms with Gasteiger partial charge >= 0.3 is 5.97 Å². The molecule has 3 aromatic carbocycles. The maximum Gasteiger partial charge on any atom is 0.338 e. The van der Waals surface area contributed by atoms with Crippen molar-refractivity contribution in [1.82, 2.24) is 4.57 Å². The lowest BCUT2D eigenvalue weighted by Gasteiger charge is -2.25. The van der Waals surface area contributed by atoms with Crippen molar-refractivity contribution in [3.63, 3.8) is 0 Å². The van der Waals surface area contributed by atoms with Crippen LogP contribution in [0.25, 0.3) is 6.08 Å². The molecule has 0 saturated carbocycles. The standard InChI is InChI=1S/C34H34N2O7S/c1-6-41-28-19-24(14-16-25(28)39-4)31-30(33(38)42-7-2)21(3)35-34-36(31)32(37)29(44-34)18-23-13-15-26(27(17-23)40-5)43-20-22-11-9-8-10-12-22/h8-19,31H,6-7,20H2,1-5H3/b29-18-. The normalized spacial score (nSPS) is 14.5. The van der Waals surface area contributed by atoms with Crippen molar-refractivity contribution in [2.45, 2.75) is 33.4 Å². The molecule has 0 radical (unpaired) electrons. The van der Waals surface area contributed by atoms with Gasteiger partial charge in [-0.3, -0.25) is 9.36 Å². The Balaban J connectivity index is 1.58. The van der Waals surface area contributed by atoms with Crippen LogP contribution in [0.3, 0.4) is 0 Å². The first kappa shape index (κ1) is 30.6. The van der Waals surface area contributed by atoms with Gasteiger partial charge in [0.25, 0.3) is 5.56 Å². The molecule has 0 aliphatic carbocycles. The number of carbonyl (C=O) groups excluding carboxylic acids is 1. The number of hydrogen-bond acceptors (Lipinski definition) is 9. The predicted molar refractivity (Wildman–Crippen MR) is 168 cm³/mol. The molecule has 0 spiro atoms. The summed E-state index contributed by atoms with van der Waals surface area (Å²) in [6, 6.07) is 20.0. The smallest absolute Gasteiger partial charge is 0.338 e. The van der Waals surface area contributed by atoms with Crippen LogP contribution in [0.4, 0.5) is 0 Å². The maximum absolute atomic E-state index is 14.0. The number of allylic oxidation sites excluding steroid dienone is 1. The second kappa shape index (κ2) is 13.6. The highest BCUT2D eigenvalue weighted by atomic mass is 32.1. The van der Waals surface area contributed by atoms with Crippen LogP contribution in [-0.2, 0) is 16.1 Å². The Morgan fingerprint density at radius 1 is 0.909 bits per heavy atom. The van der Waals surface area contributed by atoms with E-state index in [9.17, 15) is 9.59 Å². The van der Waals surface area contributed by atoms with Gasteiger partial charge in [-0.1, -0.05) is 53.8 Å². The average molecular weight is 615 g/mol. The van der Waals surface area contributed by atoms with Gasteiger partial charge < -0.3 is 23.7 Å². The van der Waals surface area contributed by atoms with Crippen LogP contribution in [0, 0.1) is 0 Å². The molecule has 1 unspecified atom stereocenters. The van der Waals surface area contributed by atoms with Crippen molar-refractivity contribution in [2.24, 2.45) is 4.99 Å². The summed E-state index contributed by atoms with van der Waals surface area (Å²) in [6.07, 6.45) is 1.79. The molecule has 0 bridgehead atoms. The Hall–Kier alpha value is -4.83. The zero-order valence-corrected chi connectivity index (χ0v) is 26.1. The Morgan fingerprint density at radius 3 is 2.36 bits per heavy atom. The van der Waals surface area contributed by atoms with Gasteiger partial charge in [-0.05, 0) is 67.8 Å². The van der Waals surface area contributed by atoms with E-state index < -0.39 is 12.0 Å². The molecule has 9 nitrogen and oxygen atoms in total. The van der Waals surface area contributed by atoms with Crippen LogP contribution in [0.1, 0.15) is 43.5 Å². The number of hydrogen-bond donors (Lipinski definition) is 0. The number of carbonyl (C=O) groups is 1. The molecule has 0 saturated heterocycles. The van der Waals surface area contributed by atoms with Crippen molar-refractivity contribution in [1.29, 1.82) is 0 Å². The van der Waals surface area contributed by atoms with Gasteiger partial charge in [-0.25, -0.2) is 9.79 Å². The zero-order chi connectivity index (χ0) is 31.2. The summed E-state index contributed by atoms with van der Waals surface area (Å²) in [5.41, 5.74) is 2.94. The third kappa shape index (κ3) is 6.26. The van der Waals surface area contributed by atoms with Crippen LogP contribution in [-0.4, -0.2) is 38.0 Å². The number of methoxy groups -OCH3 is 2. The van der Waals surface area contributed by atoms with Crippen LogP contribution in [0.15, 0.2) is 87.8 Å². The highest BCUT2D eigenvalue weighted by Crippen LogP contribution is 2.36. The van der Waals surface area contributed by atoms with E-state index >= 15 is 0 Å². The fourth-order valence-electron chi connectivity index (χ4n) is 5.02. The van der Waals surface area contributed by atoms with Crippen molar-refractivity contribution in [3.8, 4) is 23.0 Å². The summed E-state index contributed by atoms with van der Waals surface area (Å²) in [4.78, 5) is 32.4. The van der Waals surface area contributed by atoms with E-state index in [1.54, 1.807) is 50.8 Å². The molecule has 44 heavy (non-hydrogen) atoms. The highest BCUT2D eigenvalue weighted by Gasteiger charge is 2.34. The average Bonchev–Trinajstić information content (AvgIpc) is 3.33. The predicted octanol–water partition coefficient (Wildman–Crippen LogP) is 4.79. The van der Waals surface area contributed by atoms with Gasteiger partial charge in [0.15, 0.2) is 27.8 Å². The molecule has 5 rings (SSSR count). The number of rotatable bonds is 11. The fourth-order valence-corrected chi connectivity index (χ4v) is 6.07. The number of benzene rings is 3. The van der Waals surface area contributed by atoms with Crippen LogP contribution >= 0.6 is 11.3 Å². The summed E-state index contributed by atoms with van der Waals surface area (Å²) in [5, 5.41) is 0. The van der Waals surface area contributed by atoms with E-state index in [0.717, 1.165) is 11.1 Å². The van der Waals surface area contributed by atoms with Crippen molar-refractivity contribution in [3.05, 3.63) is 114 Å². The minimum absolute atomic E-state index is 0.187. The van der Waals surface area contributed by atoms with Gasteiger partial charge in [-0.15, -0.1) is 0 Å². The van der Waals surface area contributed by atoms with E-state index in [0.29, 0.717) is 62.4 Å². The van der Waals surface area contributed by atoms with Crippen molar-refractivity contribution < 1.29 is 28.5 Å². The number of aromatic nitrogens is 1. The molecule has 4 aromatic rings. The van der Waals surface area contributed by atoms with Crippen LogP contribution < -0.4 is 33.8 Å². The first-order valence-electron chi connectivity index (χ1n) is 14.2. The van der Waals surface area contributed by atoms with Crippen molar-refractivity contribution >= 4 is 23.4 Å². The highest BCUT2D eigenvalue weighted by molar-refractivity contribution is 7.07. The maximum atomic E-state index is 14.0. The number of fused-ring (bicyclic) bond motifs is 1. The number of ether oxygens (including phenoxy) is 5. The van der Waals surface area contributed by atoms with Crippen molar-refractivity contribution in [2.75, 3.05) is 27.4 Å². The van der Waals surface area contributed by atoms with E-state index in [1.807, 2.05) is 61.5 Å². The SMILES string of the molecule is CCOC(=O)C1=C(C)N=c2s/c(=C\c3ccc(OCc4ccccc4)c(OC)c3)c(=O)n2C1c1ccc(OC)c(OCC)c1. The van der Waals surface area contributed by atoms with Gasteiger partial charge in [0.2, 0.25) is 0 Å². The molecular formula is C34H34N2O7S. The molecule has 2 heterocycles. The van der Waals surface area contributed by atoms with Gasteiger partial charge in [0.1, 0.15) is 6.61 Å². The van der Waals surface area contributed by atoms with E-state index in [4.69, 9.17) is 23.7 Å². The number of esters is 1. The lowest BCUT2D eigenvalue weighted by atomic mass is 9.95. The molecule has 0 N–H and O–H groups in total. The molecular weight excluding hydrogens is 580 g/mol. The molecule has 1 aliphatic rings. The Bertz CT molecular complexity index is 1880. The first-order valence-corrected chi connectivity index (χ1v) is 15.0. The summed E-state index contributed by atoms with van der Waals surface area (Å²) >= 11 is 1.25. The lowest BCUT2D eigenvalue weighted by molar-refractivity contribution is -0.139. The molecule has 1 atom stereocenters. The quantitative estimate of drug-likeness (QED) is 0.224. The van der Waals surface area contributed by atoms with Crippen LogP contribution in [0.5, 0.6) is 23.0 Å². The Morgan fingerprint density at radius 2 is 1.66 bits per heavy atom. The molecule has 10 heteroatoms. The second-order valence-corrected chi connectivity index (χ2v) is 10.8. The minimum Gasteiger partial charge on any atom is -0.493 e. The Kier molecular flexibility index (Phi) is 9.50. The minimum atomic E-state index is -0.777. The third-order valence-electron chi connectivity index (χ3n) is 7.04. The summed E-state index contributed by atoms with van der Waals surface area (Å²) < 4.78 is 30.3. The molecule has 0 amide bonds. The number of thiazole rings is 1. The lowest BCUT2D eigenvalue weighted by Crippen LogP contribution is -2.40. The van der Waals surface area contributed by atoms with Gasteiger partial charge in [0.05, 0.1) is 49.3 Å². The van der Waals surface area contributed by atoms with Gasteiger partial charge in [-0.2, -0.15) is 0 Å². The fraction of sp³-hybridized carbons (Fsp3) is 0.265. The molecule has 0 fully saturated rings. The van der Waals surface area contributed by atoms with E-state index in [-0.39, 0.29) is 12.2 Å². The first-order chi connectivity index (χ1) is 21.4. The van der Waals surface area contributed by atoms with E-state index in [1.165, 1.54) is 11.3 Å². The topological polar surface area (TPSA) is 97.6 Å². The third-order valence-corrected chi connectivity index (χ3v) is 8.03. The zero-order valence-electron chi connectivity index (χ0n) is 25.3. The largest absolute Gasteiger partial charge is 0.493 e. The summed E-state index contributed by atoms with van der Waals surface area (Å²) in [5.74, 6) is 1.66. The van der Waals surface area contributed by atoms with Crippen LogP contribution in [0.2, 0.25) is 0 Å². The van der Waals surface area contributed by atoms with Gasteiger partial charge in [0, 0.05) is 0 Å².